The molecule has 0 spiro atoms. The van der Waals surface area contributed by atoms with Gasteiger partial charge in [-0.3, -0.25) is 9.59 Å². The molecule has 1 unspecified atom stereocenters. The molecule has 0 radical (unpaired) electrons. The van der Waals surface area contributed by atoms with Crippen LogP contribution in [0.15, 0.2) is 42.5 Å². The molecule has 1 fully saturated rings. The predicted octanol–water partition coefficient (Wildman–Crippen LogP) is 7.10. The number of hydrogen-bond donors (Lipinski definition) is 2. The minimum atomic E-state index is -5.34. The second-order valence-corrected chi connectivity index (χ2v) is 9.21. The highest BCUT2D eigenvalue weighted by Gasteiger charge is 2.52. The Balaban J connectivity index is 1.94. The van der Waals surface area contributed by atoms with Crippen molar-refractivity contribution in [1.29, 1.82) is 0 Å². The quantitative estimate of drug-likeness (QED) is 0.330. The zero-order valence-electron chi connectivity index (χ0n) is 19.6. The van der Waals surface area contributed by atoms with Gasteiger partial charge in [0.2, 0.25) is 5.91 Å². The van der Waals surface area contributed by atoms with E-state index in [2.05, 4.69) is 0 Å². The number of halogens is 12. The highest BCUT2D eigenvalue weighted by molar-refractivity contribution is 6.30. The number of allylic oxidation sites excluding steroid dienone is 1. The third-order valence-electron chi connectivity index (χ3n) is 5.80. The summed E-state index contributed by atoms with van der Waals surface area (Å²) in [6.45, 7) is -1.75. The van der Waals surface area contributed by atoms with Gasteiger partial charge in [-0.15, -0.1) is 0 Å². The average molecular weight is 609 g/mol. The molecule has 0 bridgehead atoms. The first-order valence-electron chi connectivity index (χ1n) is 11.0. The van der Waals surface area contributed by atoms with Gasteiger partial charge in [0.25, 0.3) is 5.91 Å². The second-order valence-electron chi connectivity index (χ2n) is 8.80. The Hall–Kier alpha value is -3.36. The monoisotopic (exact) mass is 608 g/mol. The van der Waals surface area contributed by atoms with Crippen molar-refractivity contribution in [2.75, 3.05) is 6.54 Å². The van der Waals surface area contributed by atoms with E-state index in [9.17, 15) is 57.9 Å². The largest absolute Gasteiger partial charge is 0.417 e. The Labute approximate surface area is 223 Å². The van der Waals surface area contributed by atoms with Gasteiger partial charge in [0.05, 0.1) is 16.1 Å². The van der Waals surface area contributed by atoms with Crippen molar-refractivity contribution < 1.29 is 57.9 Å². The van der Waals surface area contributed by atoms with Crippen LogP contribution in [0.5, 0.6) is 0 Å². The fraction of sp³-hybridized carbons (Fsp3) is 0.333. The summed E-state index contributed by atoms with van der Waals surface area (Å²) >= 11 is 5.49. The number of carbonyl (C=O) groups is 2. The standard InChI is InChI=1S/C24H16ClF11N2O2/c25-16-8-11(2-4-17(16)26)14(23(31,32)33)9-18(27)12-1-3-13(15(7-12)24(34,35)36)19(39)38-21(5-6-21)20(40)37-10-22(28,29)30/h1-4,7-9,14H,5-6,10H2,(H,37,40)(H,38,39)/b18-9-. The van der Waals surface area contributed by atoms with Crippen LogP contribution in [0.4, 0.5) is 48.3 Å². The lowest BCUT2D eigenvalue weighted by atomic mass is 9.95. The molecule has 16 heteroatoms. The zero-order valence-corrected chi connectivity index (χ0v) is 20.3. The molecule has 1 atom stereocenters. The summed E-state index contributed by atoms with van der Waals surface area (Å²) in [7, 11) is 0. The Bertz CT molecular complexity index is 1330. The van der Waals surface area contributed by atoms with Crippen LogP contribution >= 0.6 is 11.6 Å². The average Bonchev–Trinajstić information content (AvgIpc) is 3.61. The summed E-state index contributed by atoms with van der Waals surface area (Å²) in [6.07, 6.45) is -15.7. The molecular formula is C24H16ClF11N2O2. The molecule has 1 aliphatic rings. The van der Waals surface area contributed by atoms with Crippen LogP contribution in [0, 0.1) is 5.82 Å². The molecule has 0 aliphatic heterocycles. The van der Waals surface area contributed by atoms with Crippen LogP contribution in [-0.2, 0) is 11.0 Å². The van der Waals surface area contributed by atoms with Crippen molar-refractivity contribution in [2.24, 2.45) is 0 Å². The van der Waals surface area contributed by atoms with E-state index in [0.717, 1.165) is 0 Å². The van der Waals surface area contributed by atoms with Crippen LogP contribution in [-0.4, -0.2) is 36.3 Å². The van der Waals surface area contributed by atoms with E-state index < -0.39 is 87.3 Å². The Kier molecular flexibility index (Phi) is 8.49. The highest BCUT2D eigenvalue weighted by atomic mass is 35.5. The van der Waals surface area contributed by atoms with Crippen molar-refractivity contribution in [3.8, 4) is 0 Å². The summed E-state index contributed by atoms with van der Waals surface area (Å²) in [5.41, 5.74) is -6.55. The maximum atomic E-state index is 14.9. The van der Waals surface area contributed by atoms with Gasteiger partial charge in [-0.1, -0.05) is 23.7 Å². The zero-order chi connectivity index (χ0) is 30.3. The van der Waals surface area contributed by atoms with Crippen molar-refractivity contribution in [2.45, 2.75) is 42.8 Å². The molecule has 2 aromatic rings. The minimum absolute atomic E-state index is 0.0526. The number of benzene rings is 2. The smallest absolute Gasteiger partial charge is 0.345 e. The van der Waals surface area contributed by atoms with Gasteiger partial charge in [-0.2, -0.15) is 39.5 Å². The molecule has 2 amide bonds. The SMILES string of the molecule is O=C(NC1(C(=O)NCC(F)(F)F)CC1)c1ccc(/C(F)=C/C(c2ccc(F)c(Cl)c2)C(F)(F)F)cc1C(F)(F)F. The van der Waals surface area contributed by atoms with E-state index in [4.69, 9.17) is 11.6 Å². The molecule has 40 heavy (non-hydrogen) atoms. The van der Waals surface area contributed by atoms with Crippen LogP contribution in [0.1, 0.15) is 45.8 Å². The number of amides is 2. The summed E-state index contributed by atoms with van der Waals surface area (Å²) in [6, 6.07) is 2.91. The van der Waals surface area contributed by atoms with Crippen LogP contribution in [0.3, 0.4) is 0 Å². The molecule has 218 valence electrons. The second kappa shape index (κ2) is 10.9. The third-order valence-corrected chi connectivity index (χ3v) is 6.09. The normalized spacial score (nSPS) is 16.4. The molecule has 4 nitrogen and oxygen atoms in total. The number of hydrogen-bond acceptors (Lipinski definition) is 2. The van der Waals surface area contributed by atoms with Gasteiger partial charge >= 0.3 is 18.5 Å². The number of alkyl halides is 9. The lowest BCUT2D eigenvalue weighted by Crippen LogP contribution is -2.51. The molecular weight excluding hydrogens is 593 g/mol. The molecule has 0 aromatic heterocycles. The van der Waals surface area contributed by atoms with Gasteiger partial charge in [0.1, 0.15) is 29.6 Å². The number of carbonyl (C=O) groups excluding carboxylic acids is 2. The maximum absolute atomic E-state index is 14.9. The first-order chi connectivity index (χ1) is 18.2. The van der Waals surface area contributed by atoms with Crippen molar-refractivity contribution in [3.63, 3.8) is 0 Å². The minimum Gasteiger partial charge on any atom is -0.345 e. The van der Waals surface area contributed by atoms with Crippen LogP contribution in [0.25, 0.3) is 5.83 Å². The summed E-state index contributed by atoms with van der Waals surface area (Å²) in [4.78, 5) is 24.7. The van der Waals surface area contributed by atoms with Gasteiger partial charge < -0.3 is 10.6 Å². The van der Waals surface area contributed by atoms with E-state index in [1.165, 1.54) is 5.32 Å². The lowest BCUT2D eigenvalue weighted by Gasteiger charge is -2.20. The van der Waals surface area contributed by atoms with E-state index in [1.807, 2.05) is 5.32 Å². The van der Waals surface area contributed by atoms with Gasteiger partial charge in [-0.25, -0.2) is 8.78 Å². The Morgan fingerprint density at radius 2 is 1.60 bits per heavy atom. The summed E-state index contributed by atoms with van der Waals surface area (Å²) in [5, 5.41) is 2.76. The van der Waals surface area contributed by atoms with Gasteiger partial charge in [-0.05, 0) is 48.7 Å². The lowest BCUT2D eigenvalue weighted by molar-refractivity contribution is -0.140. The molecule has 3 rings (SSSR count). The molecule has 0 saturated heterocycles. The fourth-order valence-electron chi connectivity index (χ4n) is 3.62. The molecule has 2 aromatic carbocycles. The van der Waals surface area contributed by atoms with Crippen LogP contribution in [0.2, 0.25) is 5.02 Å². The van der Waals surface area contributed by atoms with Gasteiger partial charge in [0, 0.05) is 5.56 Å². The third kappa shape index (κ3) is 7.43. The van der Waals surface area contributed by atoms with Crippen molar-refractivity contribution in [3.05, 3.63) is 75.6 Å². The number of rotatable bonds is 7. The van der Waals surface area contributed by atoms with Crippen LogP contribution < -0.4 is 10.6 Å². The maximum Gasteiger partial charge on any atom is 0.417 e. The van der Waals surface area contributed by atoms with Crippen molar-refractivity contribution in [1.82, 2.24) is 10.6 Å². The van der Waals surface area contributed by atoms with E-state index in [1.54, 1.807) is 0 Å². The first kappa shape index (κ1) is 31.2. The van der Waals surface area contributed by atoms with E-state index >= 15 is 0 Å². The van der Waals surface area contributed by atoms with E-state index in [0.29, 0.717) is 30.3 Å². The molecule has 1 saturated carbocycles. The molecule has 2 N–H and O–H groups in total. The van der Waals surface area contributed by atoms with Crippen molar-refractivity contribution >= 4 is 29.2 Å². The molecule has 0 heterocycles. The van der Waals surface area contributed by atoms with E-state index in [-0.39, 0.29) is 25.0 Å². The topological polar surface area (TPSA) is 58.2 Å². The summed E-state index contributed by atoms with van der Waals surface area (Å²) in [5.74, 6) is -8.39. The Morgan fingerprint density at radius 1 is 0.975 bits per heavy atom. The highest BCUT2D eigenvalue weighted by Crippen LogP contribution is 2.41. The first-order valence-corrected chi connectivity index (χ1v) is 11.4. The predicted molar refractivity (Wildman–Crippen MR) is 119 cm³/mol. The number of nitrogens with one attached hydrogen (secondary N) is 2. The summed E-state index contributed by atoms with van der Waals surface area (Å²) < 4.78 is 148. The fourth-order valence-corrected chi connectivity index (χ4v) is 3.81. The van der Waals surface area contributed by atoms with Gasteiger partial charge in [0.15, 0.2) is 0 Å². The molecule has 1 aliphatic carbocycles. The Morgan fingerprint density at radius 3 is 2.10 bits per heavy atom.